The van der Waals surface area contributed by atoms with E-state index in [1.807, 2.05) is 46.2 Å². The van der Waals surface area contributed by atoms with Crippen LogP contribution in [0, 0.1) is 17.2 Å². The lowest BCUT2D eigenvalue weighted by Gasteiger charge is -2.39. The molecule has 220 valence electrons. The molecule has 1 saturated carbocycles. The second-order valence-electron chi connectivity index (χ2n) is 12.3. The van der Waals surface area contributed by atoms with E-state index in [0.29, 0.717) is 19.0 Å². The van der Waals surface area contributed by atoms with Gasteiger partial charge in [-0.2, -0.15) is 5.10 Å². The summed E-state index contributed by atoms with van der Waals surface area (Å²) in [5.41, 5.74) is 5.76. The monoisotopic (exact) mass is 576 g/mol. The Morgan fingerprint density at radius 3 is 2.53 bits per heavy atom. The molecule has 1 aliphatic heterocycles. The molecular weight excluding hydrogens is 539 g/mol. The maximum absolute atomic E-state index is 13.6. The van der Waals surface area contributed by atoms with Gasteiger partial charge < -0.3 is 15.1 Å². The van der Waals surface area contributed by atoms with Crippen LogP contribution < -0.4 is 10.2 Å². The van der Waals surface area contributed by atoms with E-state index in [4.69, 9.17) is 0 Å². The summed E-state index contributed by atoms with van der Waals surface area (Å²) in [5.74, 6) is 1.12. The molecule has 2 aliphatic carbocycles. The maximum Gasteiger partial charge on any atom is 0.318 e. The van der Waals surface area contributed by atoms with Crippen molar-refractivity contribution in [1.82, 2.24) is 25.0 Å². The average Bonchev–Trinajstić information content (AvgIpc) is 3.59. The second kappa shape index (κ2) is 11.3. The minimum atomic E-state index is -0.249. The molecule has 0 bridgehead atoms. The molecule has 7 rings (SSSR count). The highest BCUT2D eigenvalue weighted by Gasteiger charge is 2.46. The number of nitrogens with one attached hydrogen (secondary N) is 1. The summed E-state index contributed by atoms with van der Waals surface area (Å²) in [6, 6.07) is 22.8. The summed E-state index contributed by atoms with van der Waals surface area (Å²) in [4.78, 5) is 22.3. The number of benzene rings is 2. The van der Waals surface area contributed by atoms with E-state index in [1.165, 1.54) is 23.3 Å². The molecule has 3 aliphatic rings. The number of rotatable bonds is 6. The predicted molar refractivity (Wildman–Crippen MR) is 166 cm³/mol. The van der Waals surface area contributed by atoms with Crippen LogP contribution in [-0.2, 0) is 6.42 Å². The first-order valence-electron chi connectivity index (χ1n) is 15.3. The van der Waals surface area contributed by atoms with Gasteiger partial charge in [-0.3, -0.25) is 0 Å². The molecule has 0 spiro atoms. The van der Waals surface area contributed by atoms with Gasteiger partial charge in [0.1, 0.15) is 11.6 Å². The highest BCUT2D eigenvalue weighted by molar-refractivity contribution is 5.75. The number of aromatic nitrogens is 3. The number of carbonyl (C=O) groups is 1. The van der Waals surface area contributed by atoms with E-state index in [1.54, 1.807) is 12.1 Å². The van der Waals surface area contributed by atoms with Crippen molar-refractivity contribution < 1.29 is 9.18 Å². The summed E-state index contributed by atoms with van der Waals surface area (Å²) in [5, 5.41) is 8.12. The van der Waals surface area contributed by atoms with Crippen molar-refractivity contribution in [1.29, 1.82) is 0 Å². The number of carbonyl (C=O) groups excluding carboxylic acids is 1. The van der Waals surface area contributed by atoms with Gasteiger partial charge in [0.25, 0.3) is 0 Å². The molecule has 2 aromatic carbocycles. The average molecular weight is 577 g/mol. The Bertz CT molecular complexity index is 1610. The van der Waals surface area contributed by atoms with Crippen LogP contribution in [0.1, 0.15) is 49.0 Å². The van der Waals surface area contributed by atoms with Crippen molar-refractivity contribution in [3.63, 3.8) is 0 Å². The summed E-state index contributed by atoms with van der Waals surface area (Å²) >= 11 is 0. The van der Waals surface area contributed by atoms with E-state index < -0.39 is 0 Å². The lowest BCUT2D eigenvalue weighted by atomic mass is 9.68. The molecule has 1 unspecified atom stereocenters. The molecule has 3 atom stereocenters. The van der Waals surface area contributed by atoms with Crippen LogP contribution in [0.3, 0.4) is 0 Å². The number of hydrogen-bond donors (Lipinski definition) is 1. The molecule has 2 aromatic heterocycles. The normalized spacial score (nSPS) is 22.0. The van der Waals surface area contributed by atoms with Crippen molar-refractivity contribution >= 4 is 17.9 Å². The number of amides is 2. The highest BCUT2D eigenvalue weighted by atomic mass is 19.1. The molecule has 7 nitrogen and oxygen atoms in total. The highest BCUT2D eigenvalue weighted by Crippen LogP contribution is 2.55. The summed E-state index contributed by atoms with van der Waals surface area (Å²) in [6.07, 6.45) is 9.98. The van der Waals surface area contributed by atoms with Gasteiger partial charge in [0.15, 0.2) is 0 Å². The minimum Gasteiger partial charge on any atom is -0.353 e. The molecule has 1 saturated heterocycles. The first kappa shape index (κ1) is 27.4. The van der Waals surface area contributed by atoms with Crippen LogP contribution in [0.2, 0.25) is 0 Å². The second-order valence-corrected chi connectivity index (χ2v) is 12.3. The quantitative estimate of drug-likeness (QED) is 0.288. The molecular formula is C35H37FN6O. The number of piperazine rings is 1. The Hall–Kier alpha value is -4.46. The number of halogens is 1. The van der Waals surface area contributed by atoms with Gasteiger partial charge in [-0.15, -0.1) is 0 Å². The van der Waals surface area contributed by atoms with Crippen LogP contribution in [0.5, 0.6) is 0 Å². The molecule has 2 amide bonds. The topological polar surface area (TPSA) is 66.3 Å². The van der Waals surface area contributed by atoms with Gasteiger partial charge >= 0.3 is 6.03 Å². The van der Waals surface area contributed by atoms with Gasteiger partial charge in [0, 0.05) is 32.4 Å². The van der Waals surface area contributed by atoms with Crippen LogP contribution in [0.25, 0.3) is 11.8 Å². The Kier molecular flexibility index (Phi) is 7.21. The zero-order valence-corrected chi connectivity index (χ0v) is 24.5. The minimum absolute atomic E-state index is 0.0000517. The van der Waals surface area contributed by atoms with Crippen LogP contribution in [-0.4, -0.2) is 51.9 Å². The first-order chi connectivity index (χ1) is 21.0. The lowest BCUT2D eigenvalue weighted by Crippen LogP contribution is -2.52. The van der Waals surface area contributed by atoms with Gasteiger partial charge in [-0.05, 0) is 90.6 Å². The van der Waals surface area contributed by atoms with E-state index in [9.17, 15) is 9.18 Å². The van der Waals surface area contributed by atoms with E-state index in [-0.39, 0.29) is 23.3 Å². The molecule has 3 heterocycles. The third kappa shape index (κ3) is 5.31. The van der Waals surface area contributed by atoms with Crippen molar-refractivity contribution in [3.05, 3.63) is 113 Å². The molecule has 1 N–H and O–H groups in total. The molecule has 0 radical (unpaired) electrons. The van der Waals surface area contributed by atoms with E-state index >= 15 is 0 Å². The molecule has 8 heteroatoms. The number of nitrogens with zero attached hydrogens (tertiary/aromatic N) is 5. The smallest absolute Gasteiger partial charge is 0.318 e. The number of pyridine rings is 1. The van der Waals surface area contributed by atoms with Crippen molar-refractivity contribution in [3.8, 4) is 5.69 Å². The lowest BCUT2D eigenvalue weighted by molar-refractivity contribution is 0.181. The molecule has 4 aromatic rings. The number of hydrogen-bond acceptors (Lipinski definition) is 4. The van der Waals surface area contributed by atoms with Crippen LogP contribution in [0.4, 0.5) is 15.0 Å². The first-order valence-corrected chi connectivity index (χ1v) is 15.3. The van der Waals surface area contributed by atoms with Crippen molar-refractivity contribution in [2.45, 2.75) is 38.6 Å². The number of allylic oxidation sites excluding steroid dienone is 1. The fourth-order valence-corrected chi connectivity index (χ4v) is 7.27. The third-order valence-electron chi connectivity index (χ3n) is 9.78. The third-order valence-corrected chi connectivity index (χ3v) is 9.78. The van der Waals surface area contributed by atoms with Gasteiger partial charge in [0.05, 0.1) is 23.6 Å². The standard InChI is InChI=1S/C35H37FN6O/c1-35-23-26-24-38-42(30-14-12-29(36)13-15-30)32(26)22-28(35)11-10-27(35)21-31(25-7-3-2-4-8-25)39-34(43)41-19-17-40(18-20-41)33-9-5-6-16-37-33/h2-9,12-16,22,24,27,31H,10-11,17-21,23H2,1H3,(H,39,43)/t27-,31?,35-/m1/s1. The zero-order valence-electron chi connectivity index (χ0n) is 24.5. The van der Waals surface area contributed by atoms with Gasteiger partial charge in [-0.1, -0.05) is 48.9 Å². The van der Waals surface area contributed by atoms with Crippen molar-refractivity contribution in [2.75, 3.05) is 31.1 Å². The maximum atomic E-state index is 13.6. The van der Waals surface area contributed by atoms with Crippen LogP contribution in [0.15, 0.2) is 90.8 Å². The van der Waals surface area contributed by atoms with E-state index in [2.05, 4.69) is 57.6 Å². The molecule has 43 heavy (non-hydrogen) atoms. The summed E-state index contributed by atoms with van der Waals surface area (Å²) < 4.78 is 15.5. The number of urea groups is 1. The zero-order chi connectivity index (χ0) is 29.4. The number of anilines is 1. The fraction of sp³-hybridized carbons (Fsp3) is 0.343. The largest absolute Gasteiger partial charge is 0.353 e. The number of fused-ring (bicyclic) bond motifs is 2. The summed E-state index contributed by atoms with van der Waals surface area (Å²) in [6.45, 7) is 5.25. The Balaban J connectivity index is 1.07. The van der Waals surface area contributed by atoms with E-state index in [0.717, 1.165) is 61.5 Å². The molecule has 2 fully saturated rings. The van der Waals surface area contributed by atoms with Gasteiger partial charge in [-0.25, -0.2) is 18.9 Å². The van der Waals surface area contributed by atoms with Crippen LogP contribution >= 0.6 is 0 Å². The van der Waals surface area contributed by atoms with Crippen molar-refractivity contribution in [2.24, 2.45) is 11.3 Å². The Labute approximate surface area is 252 Å². The Morgan fingerprint density at radius 1 is 1.02 bits per heavy atom. The SMILES string of the molecule is C[C@]12Cc3cnn(-c4ccc(F)cc4)c3C=C1CC[C@@H]2CC(NC(=O)N1CCN(c2ccccn2)CC1)c1ccccc1. The summed E-state index contributed by atoms with van der Waals surface area (Å²) in [7, 11) is 0. The predicted octanol–water partition coefficient (Wildman–Crippen LogP) is 6.43. The Morgan fingerprint density at radius 2 is 1.79 bits per heavy atom. The van der Waals surface area contributed by atoms with Gasteiger partial charge in [0.2, 0.25) is 0 Å². The fourth-order valence-electron chi connectivity index (χ4n) is 7.27.